The predicted octanol–water partition coefficient (Wildman–Crippen LogP) is 4.38. The molecule has 0 spiro atoms. The molecule has 1 atom stereocenters. The number of ether oxygens (including phenoxy) is 4. The Balaban J connectivity index is 1.91. The third-order valence-corrected chi connectivity index (χ3v) is 7.02. The average molecular weight is 551 g/mol. The fourth-order valence-corrected chi connectivity index (χ4v) is 5.46. The summed E-state index contributed by atoms with van der Waals surface area (Å²) >= 11 is 1.27. The minimum absolute atomic E-state index is 0.0997. The summed E-state index contributed by atoms with van der Waals surface area (Å²) in [5.41, 5.74) is 2.03. The normalized spacial score (nSPS) is 15.2. The van der Waals surface area contributed by atoms with Crippen molar-refractivity contribution in [3.8, 4) is 17.2 Å². The number of fused-ring (bicyclic) bond motifs is 1. The summed E-state index contributed by atoms with van der Waals surface area (Å²) < 4.78 is 24.8. The minimum atomic E-state index is -0.753. The standard InChI is InChI=1S/C30H34N2O6S/c1-7-15-37-23-14-13-20(16-24(23)35-6)17-25-28(33)32-27(21-11-9-10-12-22(21)38-18(3)4)26(29(34)36-8-2)19(5)31-30(32)39-25/h9-14,16-18,27H,7-8,15H2,1-6H3/b25-17-/t27-/m1/s1. The predicted molar refractivity (Wildman–Crippen MR) is 151 cm³/mol. The zero-order chi connectivity index (χ0) is 28.1. The third-order valence-electron chi connectivity index (χ3n) is 6.04. The molecule has 9 heteroatoms. The number of aromatic nitrogens is 1. The lowest BCUT2D eigenvalue weighted by molar-refractivity contribution is -0.139. The van der Waals surface area contributed by atoms with Crippen LogP contribution in [0.5, 0.6) is 17.2 Å². The Kier molecular flexibility index (Phi) is 8.91. The molecule has 0 saturated heterocycles. The number of para-hydroxylation sites is 1. The summed E-state index contributed by atoms with van der Waals surface area (Å²) in [6.45, 7) is 10.2. The number of benzene rings is 2. The van der Waals surface area contributed by atoms with Crippen molar-refractivity contribution in [3.05, 3.63) is 84.5 Å². The first-order chi connectivity index (χ1) is 18.8. The molecule has 0 aliphatic carbocycles. The van der Waals surface area contributed by atoms with Crippen LogP contribution >= 0.6 is 11.3 Å². The van der Waals surface area contributed by atoms with Gasteiger partial charge >= 0.3 is 5.97 Å². The maximum atomic E-state index is 13.9. The van der Waals surface area contributed by atoms with E-state index in [2.05, 4.69) is 4.99 Å². The van der Waals surface area contributed by atoms with Crippen LogP contribution < -0.4 is 29.1 Å². The Labute approximate surface area is 231 Å². The van der Waals surface area contributed by atoms with Crippen molar-refractivity contribution in [1.29, 1.82) is 0 Å². The maximum Gasteiger partial charge on any atom is 0.338 e. The lowest BCUT2D eigenvalue weighted by atomic mass is 9.95. The van der Waals surface area contributed by atoms with E-state index in [4.69, 9.17) is 18.9 Å². The molecule has 2 heterocycles. The highest BCUT2D eigenvalue weighted by Gasteiger charge is 2.35. The number of carbonyl (C=O) groups is 1. The van der Waals surface area contributed by atoms with Crippen LogP contribution in [0, 0.1) is 0 Å². The second-order valence-corrected chi connectivity index (χ2v) is 10.3. The van der Waals surface area contributed by atoms with Gasteiger partial charge < -0.3 is 18.9 Å². The topological polar surface area (TPSA) is 88.4 Å². The van der Waals surface area contributed by atoms with Crippen LogP contribution in [0.2, 0.25) is 0 Å². The largest absolute Gasteiger partial charge is 0.493 e. The number of thiazole rings is 1. The molecule has 3 aromatic rings. The molecule has 39 heavy (non-hydrogen) atoms. The van der Waals surface area contributed by atoms with Gasteiger partial charge in [0, 0.05) is 5.56 Å². The van der Waals surface area contributed by atoms with Crippen molar-refractivity contribution in [2.24, 2.45) is 4.99 Å². The molecule has 4 rings (SSSR count). The second kappa shape index (κ2) is 12.3. The number of allylic oxidation sites excluding steroid dienone is 1. The van der Waals surface area contributed by atoms with Crippen LogP contribution in [0.15, 0.2) is 63.5 Å². The summed E-state index contributed by atoms with van der Waals surface area (Å²) in [5, 5.41) is 0. The Morgan fingerprint density at radius 2 is 1.90 bits per heavy atom. The lowest BCUT2D eigenvalue weighted by Crippen LogP contribution is -2.40. The number of nitrogens with zero attached hydrogens (tertiary/aromatic N) is 2. The molecule has 1 aliphatic rings. The molecule has 1 aliphatic heterocycles. The Morgan fingerprint density at radius 3 is 2.59 bits per heavy atom. The summed E-state index contributed by atoms with van der Waals surface area (Å²) in [7, 11) is 1.59. The zero-order valence-corrected chi connectivity index (χ0v) is 24.0. The molecule has 0 saturated carbocycles. The number of rotatable bonds is 10. The molecular formula is C30H34N2O6S. The van der Waals surface area contributed by atoms with Gasteiger partial charge in [0.1, 0.15) is 11.8 Å². The molecule has 0 fully saturated rings. The SMILES string of the molecule is CCCOc1ccc(/C=c2\sc3n(c2=O)[C@H](c2ccccc2OC(C)C)C(C(=O)OCC)=C(C)N=3)cc1OC. The van der Waals surface area contributed by atoms with E-state index in [1.54, 1.807) is 31.6 Å². The first kappa shape index (κ1) is 28.2. The summed E-state index contributed by atoms with van der Waals surface area (Å²) in [6, 6.07) is 12.2. The fraction of sp³-hybridized carbons (Fsp3) is 0.367. The smallest absolute Gasteiger partial charge is 0.338 e. The van der Waals surface area contributed by atoms with Gasteiger partial charge in [-0.25, -0.2) is 9.79 Å². The van der Waals surface area contributed by atoms with Gasteiger partial charge in [0.15, 0.2) is 16.3 Å². The van der Waals surface area contributed by atoms with Crippen molar-refractivity contribution in [1.82, 2.24) is 4.57 Å². The third kappa shape index (κ3) is 5.93. The maximum absolute atomic E-state index is 13.9. The van der Waals surface area contributed by atoms with Crippen LogP contribution in [0.3, 0.4) is 0 Å². The van der Waals surface area contributed by atoms with Crippen LogP contribution in [0.1, 0.15) is 58.2 Å². The highest BCUT2D eigenvalue weighted by Crippen LogP contribution is 2.36. The first-order valence-corrected chi connectivity index (χ1v) is 13.9. The quantitative estimate of drug-likeness (QED) is 0.348. The molecule has 1 aromatic heterocycles. The van der Waals surface area contributed by atoms with E-state index >= 15 is 0 Å². The highest BCUT2D eigenvalue weighted by atomic mass is 32.1. The van der Waals surface area contributed by atoms with E-state index in [-0.39, 0.29) is 18.3 Å². The first-order valence-electron chi connectivity index (χ1n) is 13.0. The molecule has 0 unspecified atom stereocenters. The number of hydrogen-bond acceptors (Lipinski definition) is 8. The van der Waals surface area contributed by atoms with Crippen LogP contribution in [0.4, 0.5) is 0 Å². The van der Waals surface area contributed by atoms with Crippen molar-refractivity contribution in [2.45, 2.75) is 53.2 Å². The van der Waals surface area contributed by atoms with Gasteiger partial charge in [-0.05, 0) is 64.0 Å². The Morgan fingerprint density at radius 1 is 1.13 bits per heavy atom. The zero-order valence-electron chi connectivity index (χ0n) is 23.1. The van der Waals surface area contributed by atoms with E-state index < -0.39 is 12.0 Å². The number of carbonyl (C=O) groups excluding carboxylic acids is 1. The van der Waals surface area contributed by atoms with Gasteiger partial charge in [-0.3, -0.25) is 9.36 Å². The summed E-state index contributed by atoms with van der Waals surface area (Å²) in [5.74, 6) is 1.32. The van der Waals surface area contributed by atoms with Crippen LogP contribution in [0.25, 0.3) is 6.08 Å². The molecule has 0 bridgehead atoms. The van der Waals surface area contributed by atoms with E-state index in [0.29, 0.717) is 50.0 Å². The van der Waals surface area contributed by atoms with Crippen molar-refractivity contribution in [3.63, 3.8) is 0 Å². The van der Waals surface area contributed by atoms with Gasteiger partial charge in [-0.15, -0.1) is 0 Å². The molecule has 0 amide bonds. The van der Waals surface area contributed by atoms with E-state index in [1.165, 1.54) is 11.3 Å². The molecule has 0 N–H and O–H groups in total. The van der Waals surface area contributed by atoms with Crippen LogP contribution in [-0.2, 0) is 9.53 Å². The molecule has 0 radical (unpaired) electrons. The van der Waals surface area contributed by atoms with Crippen molar-refractivity contribution >= 4 is 23.4 Å². The highest BCUT2D eigenvalue weighted by molar-refractivity contribution is 7.07. The van der Waals surface area contributed by atoms with Gasteiger partial charge in [0.25, 0.3) is 5.56 Å². The van der Waals surface area contributed by atoms with Gasteiger partial charge in [-0.1, -0.05) is 42.5 Å². The second-order valence-electron chi connectivity index (χ2n) is 9.27. The molecule has 8 nitrogen and oxygen atoms in total. The van der Waals surface area contributed by atoms with Gasteiger partial charge in [0.05, 0.1) is 42.2 Å². The number of methoxy groups -OCH3 is 1. The number of hydrogen-bond donors (Lipinski definition) is 0. The Hall–Kier alpha value is -3.85. The summed E-state index contributed by atoms with van der Waals surface area (Å²) in [4.78, 5) is 32.3. The van der Waals surface area contributed by atoms with Crippen LogP contribution in [-0.4, -0.2) is 37.0 Å². The summed E-state index contributed by atoms with van der Waals surface area (Å²) in [6.07, 6.45) is 2.58. The molecule has 2 aromatic carbocycles. The van der Waals surface area contributed by atoms with E-state index in [9.17, 15) is 9.59 Å². The molecule has 206 valence electrons. The van der Waals surface area contributed by atoms with Gasteiger partial charge in [-0.2, -0.15) is 0 Å². The molecular weight excluding hydrogens is 516 g/mol. The lowest BCUT2D eigenvalue weighted by Gasteiger charge is -2.26. The van der Waals surface area contributed by atoms with E-state index in [1.807, 2.05) is 63.2 Å². The number of esters is 1. The monoisotopic (exact) mass is 550 g/mol. The fourth-order valence-electron chi connectivity index (χ4n) is 4.41. The average Bonchev–Trinajstić information content (AvgIpc) is 3.21. The van der Waals surface area contributed by atoms with Gasteiger partial charge in [0.2, 0.25) is 0 Å². The van der Waals surface area contributed by atoms with Crippen molar-refractivity contribution < 1.29 is 23.7 Å². The minimum Gasteiger partial charge on any atom is -0.493 e. The van der Waals surface area contributed by atoms with E-state index in [0.717, 1.165) is 12.0 Å². The Bertz CT molecular complexity index is 1570. The van der Waals surface area contributed by atoms with Crippen molar-refractivity contribution in [2.75, 3.05) is 20.3 Å².